The van der Waals surface area contributed by atoms with Gasteiger partial charge in [-0.15, -0.1) is 0 Å². The van der Waals surface area contributed by atoms with Crippen molar-refractivity contribution in [3.8, 4) is 5.75 Å². The molecule has 6 nitrogen and oxygen atoms in total. The summed E-state index contributed by atoms with van der Waals surface area (Å²) in [6.45, 7) is 4.32. The smallest absolute Gasteiger partial charge is 0.246 e. The van der Waals surface area contributed by atoms with E-state index in [0.717, 1.165) is 5.56 Å². The Morgan fingerprint density at radius 2 is 1.64 bits per heavy atom. The lowest BCUT2D eigenvalue weighted by molar-refractivity contribution is 0.322. The van der Waals surface area contributed by atoms with Crippen LogP contribution in [0.5, 0.6) is 5.75 Å². The lowest BCUT2D eigenvalue weighted by Crippen LogP contribution is -2.42. The predicted octanol–water partition coefficient (Wildman–Crippen LogP) is 3.02. The lowest BCUT2D eigenvalue weighted by atomic mass is 10.2. The monoisotopic (exact) mass is 423 g/mol. The highest BCUT2D eigenvalue weighted by Gasteiger charge is 2.36. The molecule has 0 bridgehead atoms. The Hall–Kier alpha value is -1.90. The van der Waals surface area contributed by atoms with Crippen molar-refractivity contribution >= 4 is 19.9 Å². The molecule has 0 aliphatic carbocycles. The Bertz CT molecular complexity index is 1030. The van der Waals surface area contributed by atoms with E-state index in [4.69, 9.17) is 4.74 Å². The third kappa shape index (κ3) is 4.09. The predicted molar refractivity (Wildman–Crippen MR) is 108 cm³/mol. The van der Waals surface area contributed by atoms with Crippen LogP contribution >= 0.6 is 0 Å². The first-order valence-corrected chi connectivity index (χ1v) is 12.3. The molecule has 0 aromatic heterocycles. The number of rotatable bonds is 6. The summed E-state index contributed by atoms with van der Waals surface area (Å²) in [6, 6.07) is 13.4. The van der Waals surface area contributed by atoms with Crippen molar-refractivity contribution in [1.82, 2.24) is 4.31 Å². The van der Waals surface area contributed by atoms with Crippen LogP contribution in [0.15, 0.2) is 58.3 Å². The molecule has 0 saturated carbocycles. The van der Waals surface area contributed by atoms with Gasteiger partial charge in [-0.25, -0.2) is 16.8 Å². The molecular formula is C20H25NO5S2. The van der Waals surface area contributed by atoms with E-state index in [9.17, 15) is 16.8 Å². The molecule has 2 aromatic rings. The van der Waals surface area contributed by atoms with Gasteiger partial charge in [0.25, 0.3) is 0 Å². The van der Waals surface area contributed by atoms with E-state index in [2.05, 4.69) is 0 Å². The summed E-state index contributed by atoms with van der Waals surface area (Å²) in [4.78, 5) is 0.423. The fourth-order valence-corrected chi connectivity index (χ4v) is 6.85. The Kier molecular flexibility index (Phi) is 6.12. The van der Waals surface area contributed by atoms with Crippen molar-refractivity contribution in [2.24, 2.45) is 0 Å². The standard InChI is InChI=1S/C20H25NO5S2/c1-3-26-19-10-9-16(2)15-20(19)28(24,25)21-13-11-18(12-14-21)27(22,23)17-7-5-4-6-8-17/h4-10,15,18H,3,11-14H2,1-2H3. The number of piperidine rings is 1. The number of ether oxygens (including phenoxy) is 1. The van der Waals surface area contributed by atoms with Gasteiger partial charge < -0.3 is 4.74 Å². The van der Waals surface area contributed by atoms with Gasteiger partial charge in [0.15, 0.2) is 9.84 Å². The van der Waals surface area contributed by atoms with Gasteiger partial charge in [0, 0.05) is 13.1 Å². The van der Waals surface area contributed by atoms with Gasteiger partial charge in [-0.3, -0.25) is 0 Å². The highest BCUT2D eigenvalue weighted by atomic mass is 32.2. The van der Waals surface area contributed by atoms with E-state index in [1.165, 1.54) is 4.31 Å². The number of hydrogen-bond donors (Lipinski definition) is 0. The van der Waals surface area contributed by atoms with Crippen LogP contribution in [0, 0.1) is 6.92 Å². The molecule has 28 heavy (non-hydrogen) atoms. The van der Waals surface area contributed by atoms with E-state index >= 15 is 0 Å². The minimum absolute atomic E-state index is 0.138. The van der Waals surface area contributed by atoms with Crippen LogP contribution in [0.4, 0.5) is 0 Å². The van der Waals surface area contributed by atoms with Gasteiger partial charge in [0.1, 0.15) is 10.6 Å². The first-order valence-electron chi connectivity index (χ1n) is 9.29. The van der Waals surface area contributed by atoms with Crippen LogP contribution in [0.1, 0.15) is 25.3 Å². The van der Waals surface area contributed by atoms with Crippen LogP contribution in [0.2, 0.25) is 0 Å². The molecule has 3 rings (SSSR count). The summed E-state index contributed by atoms with van der Waals surface area (Å²) < 4.78 is 58.8. The third-order valence-electron chi connectivity index (χ3n) is 4.93. The third-order valence-corrected chi connectivity index (χ3v) is 9.13. The molecule has 0 radical (unpaired) electrons. The fraction of sp³-hybridized carbons (Fsp3) is 0.400. The Morgan fingerprint density at radius 1 is 1.00 bits per heavy atom. The quantitative estimate of drug-likeness (QED) is 0.713. The van der Waals surface area contributed by atoms with Crippen LogP contribution in [-0.4, -0.2) is 46.1 Å². The van der Waals surface area contributed by atoms with E-state index < -0.39 is 25.1 Å². The molecular weight excluding hydrogens is 398 g/mol. The Morgan fingerprint density at radius 3 is 2.25 bits per heavy atom. The summed E-state index contributed by atoms with van der Waals surface area (Å²) in [7, 11) is -7.22. The van der Waals surface area contributed by atoms with Crippen molar-refractivity contribution in [1.29, 1.82) is 0 Å². The highest BCUT2D eigenvalue weighted by molar-refractivity contribution is 7.92. The normalized spacial score (nSPS) is 16.8. The van der Waals surface area contributed by atoms with Gasteiger partial charge in [0.2, 0.25) is 10.0 Å². The Labute approximate surface area is 167 Å². The molecule has 0 unspecified atom stereocenters. The van der Waals surface area contributed by atoms with Crippen LogP contribution in [0.25, 0.3) is 0 Å². The van der Waals surface area contributed by atoms with Crippen LogP contribution in [0.3, 0.4) is 0 Å². The van der Waals surface area contributed by atoms with E-state index in [0.29, 0.717) is 12.4 Å². The van der Waals surface area contributed by atoms with Gasteiger partial charge in [-0.1, -0.05) is 24.3 Å². The molecule has 8 heteroatoms. The number of benzene rings is 2. The largest absolute Gasteiger partial charge is 0.492 e. The zero-order chi connectivity index (χ0) is 20.4. The van der Waals surface area contributed by atoms with Crippen molar-refractivity contribution in [3.63, 3.8) is 0 Å². The summed E-state index contributed by atoms with van der Waals surface area (Å²) >= 11 is 0. The maximum Gasteiger partial charge on any atom is 0.246 e. The van der Waals surface area contributed by atoms with Gasteiger partial charge in [-0.2, -0.15) is 4.31 Å². The van der Waals surface area contributed by atoms with Gasteiger partial charge in [-0.05, 0) is 56.5 Å². The molecule has 1 aliphatic heterocycles. The fourth-order valence-electron chi connectivity index (χ4n) is 3.42. The highest BCUT2D eigenvalue weighted by Crippen LogP contribution is 2.32. The Balaban J connectivity index is 1.81. The first kappa shape index (κ1) is 20.8. The molecule has 2 aromatic carbocycles. The lowest BCUT2D eigenvalue weighted by Gasteiger charge is -2.31. The molecule has 1 aliphatic rings. The van der Waals surface area contributed by atoms with Gasteiger partial charge >= 0.3 is 0 Å². The average molecular weight is 424 g/mol. The van der Waals surface area contributed by atoms with Crippen molar-refractivity contribution in [3.05, 3.63) is 54.1 Å². The topological polar surface area (TPSA) is 80.8 Å². The molecule has 1 fully saturated rings. The molecule has 0 atom stereocenters. The summed E-state index contributed by atoms with van der Waals surface area (Å²) in [6.07, 6.45) is 0.540. The van der Waals surface area contributed by atoms with Gasteiger partial charge in [0.05, 0.1) is 16.8 Å². The van der Waals surface area contributed by atoms with Crippen molar-refractivity contribution < 1.29 is 21.6 Å². The molecule has 0 amide bonds. The SMILES string of the molecule is CCOc1ccc(C)cc1S(=O)(=O)N1CCC(S(=O)(=O)c2ccccc2)CC1. The first-order chi connectivity index (χ1) is 13.3. The number of sulfone groups is 1. The van der Waals surface area contributed by atoms with Crippen LogP contribution in [-0.2, 0) is 19.9 Å². The van der Waals surface area contributed by atoms with E-state index in [1.807, 2.05) is 13.0 Å². The summed E-state index contributed by atoms with van der Waals surface area (Å²) in [5, 5.41) is -0.578. The zero-order valence-corrected chi connectivity index (χ0v) is 17.7. The minimum Gasteiger partial charge on any atom is -0.492 e. The maximum absolute atomic E-state index is 13.2. The van der Waals surface area contributed by atoms with E-state index in [-0.39, 0.29) is 35.7 Å². The second-order valence-corrected chi connectivity index (χ2v) is 11.0. The molecule has 1 heterocycles. The molecule has 0 spiro atoms. The minimum atomic E-state index is -3.76. The van der Waals surface area contributed by atoms with Crippen molar-refractivity contribution in [2.45, 2.75) is 41.7 Å². The second kappa shape index (κ2) is 8.23. The number of hydrogen-bond acceptors (Lipinski definition) is 5. The second-order valence-electron chi connectivity index (χ2n) is 6.84. The maximum atomic E-state index is 13.2. The molecule has 1 saturated heterocycles. The number of aryl methyl sites for hydroxylation is 1. The number of nitrogens with zero attached hydrogens (tertiary/aromatic N) is 1. The van der Waals surface area contributed by atoms with Crippen molar-refractivity contribution in [2.75, 3.05) is 19.7 Å². The average Bonchev–Trinajstić information content (AvgIpc) is 2.70. The molecule has 0 N–H and O–H groups in total. The van der Waals surface area contributed by atoms with Crippen LogP contribution < -0.4 is 4.74 Å². The van der Waals surface area contributed by atoms with E-state index in [1.54, 1.807) is 49.4 Å². The zero-order valence-electron chi connectivity index (χ0n) is 16.0. The summed E-state index contributed by atoms with van der Waals surface area (Å²) in [5.74, 6) is 0.326. The molecule has 152 valence electrons. The summed E-state index contributed by atoms with van der Waals surface area (Å²) in [5.41, 5.74) is 0.823. The number of sulfonamides is 1.